The Morgan fingerprint density at radius 2 is 1.18 bits per heavy atom. The molecule has 1 nitrogen and oxygen atoms in total. The van der Waals surface area contributed by atoms with Crippen molar-refractivity contribution in [1.29, 1.82) is 0 Å². The van der Waals surface area contributed by atoms with E-state index in [1.165, 1.54) is 38.5 Å². The summed E-state index contributed by atoms with van der Waals surface area (Å²) in [5.41, 5.74) is -0.366. The standard InChI is InChI=1S/C12H19Cl4N/c13-9-7-10(14)12(16)17(11(9)15)8-5-3-1-2-4-6-8/h8-12H,1-7H2. The Labute approximate surface area is 124 Å². The van der Waals surface area contributed by atoms with Gasteiger partial charge in [-0.1, -0.05) is 25.7 Å². The second kappa shape index (κ2) is 6.52. The number of likely N-dealkylation sites (tertiary alicyclic amines) is 1. The Bertz CT molecular complexity index is 229. The van der Waals surface area contributed by atoms with Gasteiger partial charge in [-0.15, -0.1) is 46.4 Å². The second-order valence-electron chi connectivity index (χ2n) is 5.11. The first-order valence-electron chi connectivity index (χ1n) is 6.45. The minimum Gasteiger partial charge on any atom is -0.266 e. The molecule has 0 amide bonds. The molecule has 4 atom stereocenters. The van der Waals surface area contributed by atoms with Crippen LogP contribution in [0.4, 0.5) is 0 Å². The van der Waals surface area contributed by atoms with Crippen LogP contribution in [0.25, 0.3) is 0 Å². The Balaban J connectivity index is 2.09. The minimum atomic E-state index is -0.183. The number of rotatable bonds is 1. The average Bonchev–Trinajstić information content (AvgIpc) is 2.56. The van der Waals surface area contributed by atoms with Crippen molar-refractivity contribution in [3.63, 3.8) is 0 Å². The van der Waals surface area contributed by atoms with Gasteiger partial charge < -0.3 is 0 Å². The van der Waals surface area contributed by atoms with Crippen LogP contribution in [0, 0.1) is 0 Å². The summed E-state index contributed by atoms with van der Waals surface area (Å²) >= 11 is 25.4. The number of piperidine rings is 1. The number of alkyl halides is 4. The predicted octanol–water partition coefficient (Wildman–Crippen LogP) is 4.76. The van der Waals surface area contributed by atoms with Gasteiger partial charge in [0.2, 0.25) is 0 Å². The van der Waals surface area contributed by atoms with Crippen molar-refractivity contribution >= 4 is 46.4 Å². The van der Waals surface area contributed by atoms with Crippen molar-refractivity contribution in [2.45, 2.75) is 72.7 Å². The van der Waals surface area contributed by atoms with Gasteiger partial charge in [0.25, 0.3) is 0 Å². The van der Waals surface area contributed by atoms with Gasteiger partial charge in [0.1, 0.15) is 11.0 Å². The molecule has 0 radical (unpaired) electrons. The topological polar surface area (TPSA) is 3.24 Å². The Hall–Kier alpha value is 1.12. The van der Waals surface area contributed by atoms with Crippen LogP contribution in [0.2, 0.25) is 0 Å². The van der Waals surface area contributed by atoms with Gasteiger partial charge in [0, 0.05) is 6.04 Å². The average molecular weight is 319 g/mol. The van der Waals surface area contributed by atoms with Gasteiger partial charge in [-0.2, -0.15) is 0 Å². The van der Waals surface area contributed by atoms with Crippen molar-refractivity contribution in [3.8, 4) is 0 Å². The molecule has 100 valence electrons. The van der Waals surface area contributed by atoms with E-state index in [2.05, 4.69) is 4.90 Å². The van der Waals surface area contributed by atoms with E-state index in [9.17, 15) is 0 Å². The molecule has 0 aromatic heterocycles. The van der Waals surface area contributed by atoms with Crippen LogP contribution in [0.15, 0.2) is 0 Å². The van der Waals surface area contributed by atoms with Gasteiger partial charge in [-0.3, -0.25) is 4.90 Å². The number of nitrogens with zero attached hydrogens (tertiary/aromatic N) is 1. The molecule has 0 aromatic rings. The van der Waals surface area contributed by atoms with E-state index < -0.39 is 0 Å². The molecule has 1 aliphatic carbocycles. The lowest BCUT2D eigenvalue weighted by Crippen LogP contribution is -2.56. The van der Waals surface area contributed by atoms with E-state index in [0.717, 1.165) is 0 Å². The lowest BCUT2D eigenvalue weighted by atomic mass is 10.0. The molecule has 0 aromatic carbocycles. The molecule has 1 aliphatic heterocycles. The highest BCUT2D eigenvalue weighted by Crippen LogP contribution is 2.38. The third kappa shape index (κ3) is 3.36. The zero-order valence-corrected chi connectivity index (χ0v) is 12.8. The number of hydrogen-bond acceptors (Lipinski definition) is 1. The largest absolute Gasteiger partial charge is 0.266 e. The lowest BCUT2D eigenvalue weighted by molar-refractivity contribution is 0.111. The summed E-state index contributed by atoms with van der Waals surface area (Å²) in [6.45, 7) is 0. The molecule has 2 fully saturated rings. The fourth-order valence-electron chi connectivity index (χ4n) is 2.91. The maximum Gasteiger partial charge on any atom is 0.103 e. The summed E-state index contributed by atoms with van der Waals surface area (Å²) in [4.78, 5) is 2.16. The Morgan fingerprint density at radius 3 is 1.65 bits per heavy atom. The molecule has 1 saturated heterocycles. The van der Waals surface area contributed by atoms with E-state index >= 15 is 0 Å². The number of halogens is 4. The summed E-state index contributed by atoms with van der Waals surface area (Å²) in [5.74, 6) is 0. The maximum absolute atomic E-state index is 6.43. The summed E-state index contributed by atoms with van der Waals surface area (Å²) in [6, 6.07) is 0.449. The molecular formula is C12H19Cl4N. The molecular weight excluding hydrogens is 300 g/mol. The zero-order chi connectivity index (χ0) is 12.4. The van der Waals surface area contributed by atoms with Crippen LogP contribution in [0.1, 0.15) is 44.9 Å². The van der Waals surface area contributed by atoms with Crippen molar-refractivity contribution in [2.75, 3.05) is 0 Å². The highest BCUT2D eigenvalue weighted by molar-refractivity contribution is 6.34. The van der Waals surface area contributed by atoms with E-state index in [1.807, 2.05) is 0 Å². The molecule has 2 aliphatic rings. The predicted molar refractivity (Wildman–Crippen MR) is 76.5 cm³/mol. The fourth-order valence-corrected chi connectivity index (χ4v) is 4.47. The van der Waals surface area contributed by atoms with E-state index in [1.54, 1.807) is 0 Å². The molecule has 5 heteroatoms. The zero-order valence-electron chi connectivity index (χ0n) is 9.80. The molecule has 0 bridgehead atoms. The van der Waals surface area contributed by atoms with E-state index in [0.29, 0.717) is 12.5 Å². The van der Waals surface area contributed by atoms with E-state index in [4.69, 9.17) is 46.4 Å². The van der Waals surface area contributed by atoms with Gasteiger partial charge in [0.15, 0.2) is 0 Å². The third-order valence-electron chi connectivity index (χ3n) is 3.86. The summed E-state index contributed by atoms with van der Waals surface area (Å²) < 4.78 is 0. The first-order chi connectivity index (χ1) is 8.11. The highest BCUT2D eigenvalue weighted by Gasteiger charge is 2.42. The molecule has 0 N–H and O–H groups in total. The summed E-state index contributed by atoms with van der Waals surface area (Å²) in [7, 11) is 0. The molecule has 17 heavy (non-hydrogen) atoms. The van der Waals surface area contributed by atoms with E-state index in [-0.39, 0.29) is 21.8 Å². The van der Waals surface area contributed by atoms with Crippen LogP contribution < -0.4 is 0 Å². The Kier molecular flexibility index (Phi) is 5.57. The van der Waals surface area contributed by atoms with Crippen molar-refractivity contribution < 1.29 is 0 Å². The van der Waals surface area contributed by atoms with Crippen LogP contribution in [0.5, 0.6) is 0 Å². The highest BCUT2D eigenvalue weighted by atomic mass is 35.5. The first kappa shape index (κ1) is 14.5. The molecule has 4 unspecified atom stereocenters. The second-order valence-corrected chi connectivity index (χ2v) is 7.12. The molecule has 0 spiro atoms. The van der Waals surface area contributed by atoms with Crippen LogP contribution in [0.3, 0.4) is 0 Å². The summed E-state index contributed by atoms with van der Waals surface area (Å²) in [5, 5.41) is -0.199. The van der Waals surface area contributed by atoms with Crippen LogP contribution in [-0.2, 0) is 0 Å². The molecule has 1 saturated carbocycles. The smallest absolute Gasteiger partial charge is 0.103 e. The van der Waals surface area contributed by atoms with Crippen molar-refractivity contribution in [3.05, 3.63) is 0 Å². The van der Waals surface area contributed by atoms with Gasteiger partial charge >= 0.3 is 0 Å². The van der Waals surface area contributed by atoms with Crippen molar-refractivity contribution in [2.24, 2.45) is 0 Å². The molecule has 1 heterocycles. The summed E-state index contributed by atoms with van der Waals surface area (Å²) in [6.07, 6.45) is 8.17. The third-order valence-corrected chi connectivity index (χ3v) is 6.01. The maximum atomic E-state index is 6.43. The van der Waals surface area contributed by atoms with Gasteiger partial charge in [-0.05, 0) is 19.3 Å². The normalized spacial score (nSPS) is 42.4. The van der Waals surface area contributed by atoms with Crippen molar-refractivity contribution in [1.82, 2.24) is 4.90 Å². The Morgan fingerprint density at radius 1 is 0.706 bits per heavy atom. The first-order valence-corrected chi connectivity index (χ1v) is 8.19. The number of hydrogen-bond donors (Lipinski definition) is 0. The monoisotopic (exact) mass is 317 g/mol. The lowest BCUT2D eigenvalue weighted by Gasteiger charge is -2.45. The van der Waals surface area contributed by atoms with Gasteiger partial charge in [0.05, 0.1) is 10.8 Å². The fraction of sp³-hybridized carbons (Fsp3) is 1.00. The minimum absolute atomic E-state index is 0.0996. The van der Waals surface area contributed by atoms with Crippen LogP contribution in [-0.4, -0.2) is 32.7 Å². The molecule has 2 rings (SSSR count). The quantitative estimate of drug-likeness (QED) is 0.383. The van der Waals surface area contributed by atoms with Gasteiger partial charge in [-0.25, -0.2) is 0 Å². The van der Waals surface area contributed by atoms with Crippen LogP contribution >= 0.6 is 46.4 Å². The SMILES string of the molecule is ClC1CC(Cl)C(Cl)N(C2CCCCCC2)C1Cl.